The van der Waals surface area contributed by atoms with Gasteiger partial charge in [0.1, 0.15) is 10.5 Å². The first-order valence-electron chi connectivity index (χ1n) is 6.92. The zero-order valence-electron chi connectivity index (χ0n) is 12.6. The largest absolute Gasteiger partial charge is 0.422 e. The first-order valence-corrected chi connectivity index (χ1v) is 8.33. The Morgan fingerprint density at radius 1 is 0.957 bits per heavy atom. The number of fused-ring (bicyclic) bond motifs is 1. The SMILES string of the molecule is Cc1ccc(S(=O)(=O)Oc2c(C)c(=O)oc3ccccc23)cc1. The summed E-state index contributed by atoms with van der Waals surface area (Å²) in [6.07, 6.45) is 0. The second-order valence-electron chi connectivity index (χ2n) is 5.19. The van der Waals surface area contributed by atoms with Crippen LogP contribution in [0, 0.1) is 13.8 Å². The molecule has 0 saturated carbocycles. The maximum absolute atomic E-state index is 12.5. The van der Waals surface area contributed by atoms with Crippen LogP contribution in [0.4, 0.5) is 0 Å². The summed E-state index contributed by atoms with van der Waals surface area (Å²) in [5, 5.41) is 0.431. The molecule has 0 bridgehead atoms. The Kier molecular flexibility index (Phi) is 3.69. The maximum atomic E-state index is 12.5. The minimum Gasteiger partial charge on any atom is -0.422 e. The van der Waals surface area contributed by atoms with Crippen molar-refractivity contribution in [2.24, 2.45) is 0 Å². The normalized spacial score (nSPS) is 11.6. The van der Waals surface area contributed by atoms with Crippen molar-refractivity contribution in [1.82, 2.24) is 0 Å². The molecule has 0 aliphatic heterocycles. The smallest absolute Gasteiger partial charge is 0.342 e. The molecule has 0 radical (unpaired) electrons. The van der Waals surface area contributed by atoms with Crippen molar-refractivity contribution in [2.75, 3.05) is 0 Å². The summed E-state index contributed by atoms with van der Waals surface area (Å²) in [5.74, 6) is -0.00238. The van der Waals surface area contributed by atoms with Crippen LogP contribution in [0.2, 0.25) is 0 Å². The van der Waals surface area contributed by atoms with Gasteiger partial charge in [-0.3, -0.25) is 0 Å². The van der Waals surface area contributed by atoms with Crippen molar-refractivity contribution in [3.63, 3.8) is 0 Å². The summed E-state index contributed by atoms with van der Waals surface area (Å²) in [7, 11) is -4.04. The van der Waals surface area contributed by atoms with Gasteiger partial charge in [0.05, 0.1) is 10.9 Å². The van der Waals surface area contributed by atoms with Crippen LogP contribution in [0.5, 0.6) is 5.75 Å². The third kappa shape index (κ3) is 2.85. The lowest BCUT2D eigenvalue weighted by Gasteiger charge is -2.11. The molecular weight excluding hydrogens is 316 g/mol. The summed E-state index contributed by atoms with van der Waals surface area (Å²) in [6.45, 7) is 3.33. The highest BCUT2D eigenvalue weighted by Crippen LogP contribution is 2.29. The Hall–Kier alpha value is -2.60. The molecule has 0 aliphatic carbocycles. The van der Waals surface area contributed by atoms with Crippen LogP contribution < -0.4 is 9.81 Å². The van der Waals surface area contributed by atoms with E-state index in [1.165, 1.54) is 19.1 Å². The molecule has 0 atom stereocenters. The minimum absolute atomic E-state index is 0.00238. The fourth-order valence-corrected chi connectivity index (χ4v) is 3.18. The Morgan fingerprint density at radius 3 is 2.30 bits per heavy atom. The topological polar surface area (TPSA) is 73.6 Å². The minimum atomic E-state index is -4.04. The zero-order chi connectivity index (χ0) is 16.6. The predicted octanol–water partition coefficient (Wildman–Crippen LogP) is 3.18. The molecule has 3 rings (SSSR count). The maximum Gasteiger partial charge on any atom is 0.342 e. The molecule has 118 valence electrons. The average molecular weight is 330 g/mol. The number of aryl methyl sites for hydroxylation is 1. The lowest BCUT2D eigenvalue weighted by molar-refractivity contribution is 0.478. The fraction of sp³-hybridized carbons (Fsp3) is 0.118. The molecule has 1 heterocycles. The molecular formula is C17H14O5S. The van der Waals surface area contributed by atoms with Gasteiger partial charge in [0.25, 0.3) is 0 Å². The van der Waals surface area contributed by atoms with E-state index >= 15 is 0 Å². The predicted molar refractivity (Wildman–Crippen MR) is 86.2 cm³/mol. The van der Waals surface area contributed by atoms with Crippen molar-refractivity contribution in [1.29, 1.82) is 0 Å². The molecule has 2 aromatic carbocycles. The van der Waals surface area contributed by atoms with Crippen LogP contribution in [0.25, 0.3) is 11.0 Å². The van der Waals surface area contributed by atoms with Gasteiger partial charge in [0.2, 0.25) is 0 Å². The van der Waals surface area contributed by atoms with Crippen LogP contribution in [0.3, 0.4) is 0 Å². The molecule has 23 heavy (non-hydrogen) atoms. The van der Waals surface area contributed by atoms with E-state index in [4.69, 9.17) is 8.60 Å². The van der Waals surface area contributed by atoms with Crippen LogP contribution in [0.1, 0.15) is 11.1 Å². The van der Waals surface area contributed by atoms with Crippen molar-refractivity contribution in [3.05, 3.63) is 70.1 Å². The molecule has 0 spiro atoms. The highest BCUT2D eigenvalue weighted by Gasteiger charge is 2.21. The second kappa shape index (κ2) is 5.55. The zero-order valence-corrected chi connectivity index (χ0v) is 13.4. The van der Waals surface area contributed by atoms with E-state index in [-0.39, 0.29) is 21.8 Å². The number of hydrogen-bond donors (Lipinski definition) is 0. The summed E-state index contributed by atoms with van der Waals surface area (Å²) in [4.78, 5) is 11.9. The van der Waals surface area contributed by atoms with Crippen molar-refractivity contribution in [2.45, 2.75) is 18.7 Å². The summed E-state index contributed by atoms with van der Waals surface area (Å²) >= 11 is 0. The van der Waals surface area contributed by atoms with Gasteiger partial charge in [-0.25, -0.2) is 4.79 Å². The molecule has 0 aliphatic rings. The van der Waals surface area contributed by atoms with Gasteiger partial charge in [0, 0.05) is 0 Å². The van der Waals surface area contributed by atoms with Gasteiger partial charge < -0.3 is 8.60 Å². The van der Waals surface area contributed by atoms with Gasteiger partial charge in [-0.05, 0) is 38.1 Å². The number of benzene rings is 2. The van der Waals surface area contributed by atoms with Gasteiger partial charge in [-0.2, -0.15) is 8.42 Å². The molecule has 3 aromatic rings. The van der Waals surface area contributed by atoms with Crippen molar-refractivity contribution >= 4 is 21.1 Å². The molecule has 1 aromatic heterocycles. The number of rotatable bonds is 3. The van der Waals surface area contributed by atoms with E-state index < -0.39 is 15.7 Å². The average Bonchev–Trinajstić information content (AvgIpc) is 2.52. The van der Waals surface area contributed by atoms with E-state index in [0.717, 1.165) is 5.56 Å². The molecule has 0 fully saturated rings. The van der Waals surface area contributed by atoms with Gasteiger partial charge in [0.15, 0.2) is 5.75 Å². The van der Waals surface area contributed by atoms with Crippen LogP contribution >= 0.6 is 0 Å². The van der Waals surface area contributed by atoms with E-state index in [1.54, 1.807) is 36.4 Å². The fourth-order valence-electron chi connectivity index (χ4n) is 2.18. The first kappa shape index (κ1) is 15.3. The molecule has 0 N–H and O–H groups in total. The first-order chi connectivity index (χ1) is 10.9. The second-order valence-corrected chi connectivity index (χ2v) is 6.74. The Morgan fingerprint density at radius 2 is 1.61 bits per heavy atom. The quantitative estimate of drug-likeness (QED) is 0.545. The molecule has 5 nitrogen and oxygen atoms in total. The lowest BCUT2D eigenvalue weighted by Crippen LogP contribution is -2.14. The number of hydrogen-bond acceptors (Lipinski definition) is 5. The Labute approximate surface area is 133 Å². The Balaban J connectivity index is 2.16. The van der Waals surface area contributed by atoms with Gasteiger partial charge >= 0.3 is 15.7 Å². The molecule has 0 amide bonds. The summed E-state index contributed by atoms with van der Waals surface area (Å²) < 4.78 is 35.3. The van der Waals surface area contributed by atoms with E-state index in [0.29, 0.717) is 5.39 Å². The van der Waals surface area contributed by atoms with Crippen LogP contribution in [-0.2, 0) is 10.1 Å². The summed E-state index contributed by atoms with van der Waals surface area (Å²) in [5.41, 5.74) is 0.695. The highest BCUT2D eigenvalue weighted by atomic mass is 32.2. The third-order valence-corrected chi connectivity index (χ3v) is 4.72. The van der Waals surface area contributed by atoms with Gasteiger partial charge in [-0.15, -0.1) is 0 Å². The third-order valence-electron chi connectivity index (χ3n) is 3.48. The van der Waals surface area contributed by atoms with Crippen LogP contribution in [-0.4, -0.2) is 8.42 Å². The molecule has 0 saturated heterocycles. The monoisotopic (exact) mass is 330 g/mol. The van der Waals surface area contributed by atoms with Gasteiger partial charge in [-0.1, -0.05) is 29.8 Å². The standard InChI is InChI=1S/C17H14O5S/c1-11-7-9-13(10-8-11)23(19,20)22-16-12(2)17(18)21-15-6-4-3-5-14(15)16/h3-10H,1-2H3. The van der Waals surface area contributed by atoms with E-state index in [1.807, 2.05) is 6.92 Å². The Bertz CT molecular complexity index is 1030. The van der Waals surface area contributed by atoms with Crippen LogP contribution in [0.15, 0.2) is 62.6 Å². The van der Waals surface area contributed by atoms with E-state index in [9.17, 15) is 13.2 Å². The van der Waals surface area contributed by atoms with Crippen molar-refractivity contribution in [3.8, 4) is 5.75 Å². The van der Waals surface area contributed by atoms with E-state index in [2.05, 4.69) is 0 Å². The van der Waals surface area contributed by atoms with Crippen molar-refractivity contribution < 1.29 is 17.0 Å². The molecule has 0 unspecified atom stereocenters. The highest BCUT2D eigenvalue weighted by molar-refractivity contribution is 7.87. The summed E-state index contributed by atoms with van der Waals surface area (Å²) in [6, 6.07) is 12.9. The lowest BCUT2D eigenvalue weighted by atomic mass is 10.2. The number of para-hydroxylation sites is 1. The molecule has 6 heteroatoms.